The number of rotatable bonds is 1. The fourth-order valence-electron chi connectivity index (χ4n) is 0.129. The van der Waals surface area contributed by atoms with Crippen molar-refractivity contribution in [1.29, 1.82) is 5.26 Å². The topological polar surface area (TPSA) is 44.0 Å². The molecule has 1 atom stereocenters. The largest absolute Gasteiger partial charge is 0.375 e. The van der Waals surface area contributed by atoms with E-state index in [1.54, 1.807) is 6.07 Å². The lowest BCUT2D eigenvalue weighted by Crippen LogP contribution is -2.28. The van der Waals surface area contributed by atoms with E-state index in [9.17, 15) is 0 Å². The summed E-state index contributed by atoms with van der Waals surface area (Å²) < 4.78 is 0. The van der Waals surface area contributed by atoms with Crippen molar-refractivity contribution < 1.29 is 5.11 Å². The molecule has 0 saturated heterocycles. The number of hydrogen-bond donors (Lipinski definition) is 1. The summed E-state index contributed by atoms with van der Waals surface area (Å²) in [5.74, 6) is 0.00694. The van der Waals surface area contributed by atoms with E-state index >= 15 is 0 Å². The highest BCUT2D eigenvalue weighted by Crippen LogP contribution is 2.13. The number of nitriles is 1. The van der Waals surface area contributed by atoms with Crippen LogP contribution < -0.4 is 0 Å². The van der Waals surface area contributed by atoms with E-state index in [0.29, 0.717) is 0 Å². The normalized spacial score (nSPS) is 17.5. The zero-order valence-electron chi connectivity index (χ0n) is 5.47. The molecule has 0 bridgehead atoms. The Morgan fingerprint density at radius 1 is 1.62 bits per heavy atom. The van der Waals surface area contributed by atoms with Crippen molar-refractivity contribution in [3.05, 3.63) is 0 Å². The summed E-state index contributed by atoms with van der Waals surface area (Å²) in [6, 6.07) is 1.80. The van der Waals surface area contributed by atoms with Gasteiger partial charge in [-0.2, -0.15) is 5.26 Å². The molecular formula is C6H11NO. The molecule has 0 aliphatic carbocycles. The molecule has 0 saturated carbocycles. The molecule has 0 amide bonds. The van der Waals surface area contributed by atoms with E-state index in [1.165, 1.54) is 6.92 Å². The van der Waals surface area contributed by atoms with Gasteiger partial charge in [0, 0.05) is 0 Å². The highest BCUT2D eigenvalue weighted by Gasteiger charge is 2.23. The smallest absolute Gasteiger partial charge is 0.150 e. The molecule has 1 unspecified atom stereocenters. The molecule has 0 aromatic carbocycles. The van der Waals surface area contributed by atoms with Gasteiger partial charge in [-0.05, 0) is 12.8 Å². The number of aliphatic hydroxyl groups is 1. The van der Waals surface area contributed by atoms with E-state index in [0.717, 1.165) is 0 Å². The lowest BCUT2D eigenvalue weighted by molar-refractivity contribution is 0.0704. The molecule has 0 rings (SSSR count). The molecule has 8 heavy (non-hydrogen) atoms. The summed E-state index contributed by atoms with van der Waals surface area (Å²) in [7, 11) is 0. The molecule has 1 N–H and O–H groups in total. The number of hydrogen-bond acceptors (Lipinski definition) is 2. The van der Waals surface area contributed by atoms with Crippen LogP contribution in [0, 0.1) is 17.2 Å². The monoisotopic (exact) mass is 113 g/mol. The summed E-state index contributed by atoms with van der Waals surface area (Å²) in [4.78, 5) is 0. The average Bonchev–Trinajstić information content (AvgIpc) is 1.67. The van der Waals surface area contributed by atoms with Crippen LogP contribution in [0.15, 0.2) is 0 Å². The Hall–Kier alpha value is -0.550. The van der Waals surface area contributed by atoms with Gasteiger partial charge in [0.1, 0.15) is 0 Å². The Balaban J connectivity index is 3.97. The van der Waals surface area contributed by atoms with Crippen LogP contribution in [0.5, 0.6) is 0 Å². The molecule has 0 heterocycles. The van der Waals surface area contributed by atoms with Crippen LogP contribution in [-0.4, -0.2) is 10.7 Å². The Morgan fingerprint density at radius 2 is 2.00 bits per heavy atom. The lowest BCUT2D eigenvalue weighted by atomic mass is 9.95. The van der Waals surface area contributed by atoms with Gasteiger partial charge >= 0.3 is 0 Å². The van der Waals surface area contributed by atoms with E-state index in [1.807, 2.05) is 13.8 Å². The van der Waals surface area contributed by atoms with Gasteiger partial charge in [-0.1, -0.05) is 13.8 Å². The van der Waals surface area contributed by atoms with Gasteiger partial charge in [0.2, 0.25) is 0 Å². The molecule has 0 fully saturated rings. The molecule has 2 nitrogen and oxygen atoms in total. The third-order valence-electron chi connectivity index (χ3n) is 1.35. The highest BCUT2D eigenvalue weighted by molar-refractivity contribution is 4.98. The first-order valence-corrected chi connectivity index (χ1v) is 2.64. The fraction of sp³-hybridized carbons (Fsp3) is 0.833. The molecule has 0 aromatic heterocycles. The minimum absolute atomic E-state index is 0.00694. The summed E-state index contributed by atoms with van der Waals surface area (Å²) in [5, 5.41) is 17.3. The maximum absolute atomic E-state index is 9.04. The van der Waals surface area contributed by atoms with Crippen LogP contribution in [0.25, 0.3) is 0 Å². The third kappa shape index (κ3) is 1.51. The van der Waals surface area contributed by atoms with Crippen LogP contribution in [0.3, 0.4) is 0 Å². The molecule has 0 aliphatic rings. The van der Waals surface area contributed by atoms with Gasteiger partial charge in [-0.15, -0.1) is 0 Å². The van der Waals surface area contributed by atoms with Crippen molar-refractivity contribution in [1.82, 2.24) is 0 Å². The Labute approximate surface area is 49.8 Å². The first kappa shape index (κ1) is 7.45. The second-order valence-corrected chi connectivity index (χ2v) is 2.41. The average molecular weight is 113 g/mol. The summed E-state index contributed by atoms with van der Waals surface area (Å²) in [6.07, 6.45) is 0. The minimum atomic E-state index is -1.15. The minimum Gasteiger partial charge on any atom is -0.375 e. The molecule has 0 aliphatic heterocycles. The maximum Gasteiger partial charge on any atom is 0.150 e. The van der Waals surface area contributed by atoms with Gasteiger partial charge in [-0.3, -0.25) is 0 Å². The molecule has 46 valence electrons. The standard InChI is InChI=1S/C6H11NO/c1-5(2)6(3,8)4-7/h5,8H,1-3H3. The fourth-order valence-corrected chi connectivity index (χ4v) is 0.129. The molecular weight excluding hydrogens is 102 g/mol. The first-order chi connectivity index (χ1) is 3.50. The van der Waals surface area contributed by atoms with Crippen LogP contribution in [0.4, 0.5) is 0 Å². The summed E-state index contributed by atoms with van der Waals surface area (Å²) in [5.41, 5.74) is -1.15. The van der Waals surface area contributed by atoms with E-state index in [2.05, 4.69) is 0 Å². The van der Waals surface area contributed by atoms with Gasteiger partial charge in [0.05, 0.1) is 6.07 Å². The van der Waals surface area contributed by atoms with Gasteiger partial charge in [0.25, 0.3) is 0 Å². The van der Waals surface area contributed by atoms with Crippen LogP contribution in [0.2, 0.25) is 0 Å². The maximum atomic E-state index is 9.04. The van der Waals surface area contributed by atoms with E-state index < -0.39 is 5.60 Å². The summed E-state index contributed by atoms with van der Waals surface area (Å²) >= 11 is 0. The van der Waals surface area contributed by atoms with Crippen LogP contribution in [-0.2, 0) is 0 Å². The van der Waals surface area contributed by atoms with Crippen LogP contribution in [0.1, 0.15) is 20.8 Å². The third-order valence-corrected chi connectivity index (χ3v) is 1.35. The van der Waals surface area contributed by atoms with Crippen molar-refractivity contribution in [2.45, 2.75) is 26.4 Å². The van der Waals surface area contributed by atoms with Gasteiger partial charge < -0.3 is 5.11 Å². The quantitative estimate of drug-likeness (QED) is 0.514. The van der Waals surface area contributed by atoms with Crippen molar-refractivity contribution in [2.75, 3.05) is 0 Å². The van der Waals surface area contributed by atoms with Crippen molar-refractivity contribution in [3.63, 3.8) is 0 Å². The molecule has 0 spiro atoms. The predicted molar refractivity (Wildman–Crippen MR) is 31.1 cm³/mol. The second kappa shape index (κ2) is 2.15. The van der Waals surface area contributed by atoms with Crippen molar-refractivity contribution in [3.8, 4) is 6.07 Å². The summed E-state index contributed by atoms with van der Waals surface area (Å²) in [6.45, 7) is 5.13. The van der Waals surface area contributed by atoms with Gasteiger partial charge in [-0.25, -0.2) is 0 Å². The first-order valence-electron chi connectivity index (χ1n) is 2.64. The van der Waals surface area contributed by atoms with Crippen molar-refractivity contribution >= 4 is 0 Å². The second-order valence-electron chi connectivity index (χ2n) is 2.41. The molecule has 2 heteroatoms. The predicted octanol–water partition coefficient (Wildman–Crippen LogP) is 0.917. The molecule has 0 aromatic rings. The zero-order valence-corrected chi connectivity index (χ0v) is 5.47. The van der Waals surface area contributed by atoms with E-state index in [-0.39, 0.29) is 5.92 Å². The van der Waals surface area contributed by atoms with E-state index in [4.69, 9.17) is 10.4 Å². The molecule has 0 radical (unpaired) electrons. The zero-order chi connectivity index (χ0) is 6.78. The number of nitrogens with zero attached hydrogens (tertiary/aromatic N) is 1. The Kier molecular flexibility index (Phi) is 2.00. The van der Waals surface area contributed by atoms with Crippen LogP contribution >= 0.6 is 0 Å². The lowest BCUT2D eigenvalue weighted by Gasteiger charge is -2.17. The SMILES string of the molecule is CC(C)C(C)(O)C#N. The Morgan fingerprint density at radius 3 is 2.00 bits per heavy atom. The van der Waals surface area contributed by atoms with Gasteiger partial charge in [0.15, 0.2) is 5.60 Å². The Bertz CT molecular complexity index is 110. The highest BCUT2D eigenvalue weighted by atomic mass is 16.3. The van der Waals surface area contributed by atoms with Crippen molar-refractivity contribution in [2.24, 2.45) is 5.92 Å².